The summed E-state index contributed by atoms with van der Waals surface area (Å²) >= 11 is 0. The Hall–Kier alpha value is -0.550. The van der Waals surface area contributed by atoms with Crippen LogP contribution in [0.15, 0.2) is 11.6 Å². The molecule has 1 heterocycles. The Morgan fingerprint density at radius 2 is 2.06 bits per heavy atom. The minimum Gasteiger partial charge on any atom is -0.317 e. The molecule has 0 spiro atoms. The van der Waals surface area contributed by atoms with Gasteiger partial charge in [-0.3, -0.25) is 4.90 Å². The van der Waals surface area contributed by atoms with Gasteiger partial charge in [-0.15, -0.1) is 0 Å². The summed E-state index contributed by atoms with van der Waals surface area (Å²) < 4.78 is 37.2. The Labute approximate surface area is 107 Å². The molecule has 106 valence electrons. The largest absolute Gasteiger partial charge is 0.412 e. The van der Waals surface area contributed by atoms with E-state index in [0.29, 0.717) is 13.1 Å². The molecule has 0 amide bonds. The third-order valence-corrected chi connectivity index (χ3v) is 3.24. The van der Waals surface area contributed by atoms with Crippen LogP contribution in [-0.4, -0.2) is 43.8 Å². The van der Waals surface area contributed by atoms with Gasteiger partial charge in [-0.25, -0.2) is 0 Å². The van der Waals surface area contributed by atoms with E-state index >= 15 is 0 Å². The van der Waals surface area contributed by atoms with Crippen LogP contribution in [0.25, 0.3) is 0 Å². The smallest absolute Gasteiger partial charge is 0.317 e. The summed E-state index contributed by atoms with van der Waals surface area (Å²) in [5, 5.41) is 3.26. The van der Waals surface area contributed by atoms with Gasteiger partial charge in [0.2, 0.25) is 0 Å². The number of unbranched alkanes of at least 4 members (excludes halogenated alkanes) is 2. The van der Waals surface area contributed by atoms with Gasteiger partial charge in [-0.05, 0) is 38.9 Å². The molecule has 0 aromatic rings. The highest BCUT2D eigenvalue weighted by Crippen LogP contribution is 2.30. The van der Waals surface area contributed by atoms with Crippen LogP contribution in [0, 0.1) is 0 Å². The van der Waals surface area contributed by atoms with E-state index in [2.05, 4.69) is 17.1 Å². The molecule has 18 heavy (non-hydrogen) atoms. The van der Waals surface area contributed by atoms with Crippen LogP contribution in [0.4, 0.5) is 13.2 Å². The molecule has 0 aromatic heterocycles. The van der Waals surface area contributed by atoms with Gasteiger partial charge in [-0.1, -0.05) is 19.4 Å². The van der Waals surface area contributed by atoms with E-state index in [4.69, 9.17) is 0 Å². The Morgan fingerprint density at radius 3 is 2.61 bits per heavy atom. The first-order valence-corrected chi connectivity index (χ1v) is 6.73. The van der Waals surface area contributed by atoms with Crippen molar-refractivity contribution in [3.05, 3.63) is 11.6 Å². The molecule has 1 aliphatic heterocycles. The van der Waals surface area contributed by atoms with E-state index < -0.39 is 6.18 Å². The second kappa shape index (κ2) is 7.79. The maximum atomic E-state index is 12.4. The molecule has 2 nitrogen and oxygen atoms in total. The number of halogens is 3. The number of hydrogen-bond acceptors (Lipinski definition) is 2. The van der Waals surface area contributed by atoms with Crippen molar-refractivity contribution in [2.75, 3.05) is 32.7 Å². The Kier molecular flexibility index (Phi) is 6.71. The maximum Gasteiger partial charge on any atom is 0.412 e. The average molecular weight is 264 g/mol. The predicted octanol–water partition coefficient (Wildman–Crippen LogP) is 2.96. The standard InChI is InChI=1S/C13H23F3N2/c1-2-17-8-4-3-5-9-18-10-6-12(7-11-18)13(14,15)16/h6,17H,2-5,7-11H2,1H3. The fourth-order valence-electron chi connectivity index (χ4n) is 2.11. The fraction of sp³-hybridized carbons (Fsp3) is 0.846. The summed E-state index contributed by atoms with van der Waals surface area (Å²) in [6.45, 7) is 6.01. The van der Waals surface area contributed by atoms with Gasteiger partial charge in [0.15, 0.2) is 0 Å². The van der Waals surface area contributed by atoms with E-state index in [0.717, 1.165) is 38.9 Å². The van der Waals surface area contributed by atoms with Crippen molar-refractivity contribution in [3.8, 4) is 0 Å². The molecule has 0 unspecified atom stereocenters. The van der Waals surface area contributed by atoms with Crippen molar-refractivity contribution in [2.45, 2.75) is 38.8 Å². The summed E-state index contributed by atoms with van der Waals surface area (Å²) in [7, 11) is 0. The second-order valence-corrected chi connectivity index (χ2v) is 4.69. The molecular weight excluding hydrogens is 241 g/mol. The second-order valence-electron chi connectivity index (χ2n) is 4.69. The zero-order chi connectivity index (χ0) is 13.4. The molecule has 0 atom stereocenters. The highest BCUT2D eigenvalue weighted by molar-refractivity contribution is 5.12. The Morgan fingerprint density at radius 1 is 1.28 bits per heavy atom. The first kappa shape index (κ1) is 15.5. The van der Waals surface area contributed by atoms with Crippen LogP contribution in [-0.2, 0) is 0 Å². The van der Waals surface area contributed by atoms with Crippen molar-refractivity contribution in [2.24, 2.45) is 0 Å². The van der Waals surface area contributed by atoms with Crippen LogP contribution in [0.1, 0.15) is 32.6 Å². The van der Waals surface area contributed by atoms with Gasteiger partial charge in [0.25, 0.3) is 0 Å². The maximum absolute atomic E-state index is 12.4. The molecule has 0 saturated heterocycles. The van der Waals surface area contributed by atoms with Crippen molar-refractivity contribution < 1.29 is 13.2 Å². The molecule has 0 fully saturated rings. The number of nitrogens with one attached hydrogen (secondary N) is 1. The van der Waals surface area contributed by atoms with Crippen molar-refractivity contribution in [1.29, 1.82) is 0 Å². The molecule has 0 aliphatic carbocycles. The van der Waals surface area contributed by atoms with Gasteiger partial charge < -0.3 is 5.32 Å². The SMILES string of the molecule is CCNCCCCCN1CC=C(C(F)(F)F)CC1. The first-order valence-electron chi connectivity index (χ1n) is 6.73. The van der Waals surface area contributed by atoms with Gasteiger partial charge in [0.05, 0.1) is 0 Å². The third-order valence-electron chi connectivity index (χ3n) is 3.24. The zero-order valence-electron chi connectivity index (χ0n) is 11.0. The van der Waals surface area contributed by atoms with Crippen LogP contribution in [0.2, 0.25) is 0 Å². The van der Waals surface area contributed by atoms with Crippen molar-refractivity contribution in [1.82, 2.24) is 10.2 Å². The zero-order valence-corrected chi connectivity index (χ0v) is 11.0. The summed E-state index contributed by atoms with van der Waals surface area (Å²) in [6.07, 6.45) is 0.701. The van der Waals surface area contributed by atoms with E-state index in [1.54, 1.807) is 0 Å². The normalized spacial score (nSPS) is 17.9. The Balaban J connectivity index is 2.11. The molecule has 0 saturated carbocycles. The van der Waals surface area contributed by atoms with Crippen LogP contribution >= 0.6 is 0 Å². The molecule has 1 aliphatic rings. The monoisotopic (exact) mass is 264 g/mol. The van der Waals surface area contributed by atoms with E-state index in [1.807, 2.05) is 0 Å². The number of alkyl halides is 3. The molecular formula is C13H23F3N2. The average Bonchev–Trinajstić information content (AvgIpc) is 2.33. The van der Waals surface area contributed by atoms with Crippen molar-refractivity contribution in [3.63, 3.8) is 0 Å². The van der Waals surface area contributed by atoms with E-state index in [1.165, 1.54) is 6.08 Å². The summed E-state index contributed by atoms with van der Waals surface area (Å²) in [4.78, 5) is 2.10. The van der Waals surface area contributed by atoms with Gasteiger partial charge in [-0.2, -0.15) is 13.2 Å². The van der Waals surface area contributed by atoms with Gasteiger partial charge in [0, 0.05) is 18.7 Å². The molecule has 1 rings (SSSR count). The van der Waals surface area contributed by atoms with E-state index in [9.17, 15) is 13.2 Å². The molecule has 0 aromatic carbocycles. The summed E-state index contributed by atoms with van der Waals surface area (Å²) in [5.41, 5.74) is -0.356. The lowest BCUT2D eigenvalue weighted by atomic mass is 10.1. The van der Waals surface area contributed by atoms with Gasteiger partial charge in [0.1, 0.15) is 0 Å². The lowest BCUT2D eigenvalue weighted by Gasteiger charge is -2.27. The quantitative estimate of drug-likeness (QED) is 0.562. The highest BCUT2D eigenvalue weighted by atomic mass is 19.4. The predicted molar refractivity (Wildman–Crippen MR) is 67.6 cm³/mol. The molecule has 0 radical (unpaired) electrons. The first-order chi connectivity index (χ1) is 8.54. The molecule has 0 bridgehead atoms. The fourth-order valence-corrected chi connectivity index (χ4v) is 2.11. The topological polar surface area (TPSA) is 15.3 Å². The molecule has 1 N–H and O–H groups in total. The summed E-state index contributed by atoms with van der Waals surface area (Å²) in [6, 6.07) is 0. The van der Waals surface area contributed by atoms with Gasteiger partial charge >= 0.3 is 6.18 Å². The number of hydrogen-bond donors (Lipinski definition) is 1. The minimum absolute atomic E-state index is 0.140. The highest BCUT2D eigenvalue weighted by Gasteiger charge is 2.34. The molecule has 5 heteroatoms. The summed E-state index contributed by atoms with van der Waals surface area (Å²) in [5.74, 6) is 0. The lowest BCUT2D eigenvalue weighted by Crippen LogP contribution is -2.32. The number of nitrogens with zero attached hydrogens (tertiary/aromatic N) is 1. The Bertz CT molecular complexity index is 261. The lowest BCUT2D eigenvalue weighted by molar-refractivity contribution is -0.0960. The van der Waals surface area contributed by atoms with E-state index in [-0.39, 0.29) is 12.0 Å². The minimum atomic E-state index is -4.13. The van der Waals surface area contributed by atoms with Crippen molar-refractivity contribution >= 4 is 0 Å². The van der Waals surface area contributed by atoms with Crippen LogP contribution in [0.5, 0.6) is 0 Å². The number of rotatable bonds is 7. The van der Waals surface area contributed by atoms with Crippen LogP contribution < -0.4 is 5.32 Å². The van der Waals surface area contributed by atoms with Crippen LogP contribution in [0.3, 0.4) is 0 Å². The third kappa shape index (κ3) is 5.87.